The van der Waals surface area contributed by atoms with E-state index >= 15 is 0 Å². The Kier molecular flexibility index (Phi) is 4.60. The van der Waals surface area contributed by atoms with E-state index in [0.29, 0.717) is 24.8 Å². The molecule has 2 atom stereocenters. The molecule has 0 radical (unpaired) electrons. The first-order valence-electron chi connectivity index (χ1n) is 7.99. The minimum Gasteiger partial charge on any atom is -0.469 e. The van der Waals surface area contributed by atoms with Crippen LogP contribution < -0.4 is 5.32 Å². The summed E-state index contributed by atoms with van der Waals surface area (Å²) >= 11 is 5.36. The van der Waals surface area contributed by atoms with E-state index in [0.717, 1.165) is 5.76 Å². The van der Waals surface area contributed by atoms with Crippen LogP contribution in [0.2, 0.25) is 0 Å². The number of amides is 1. The topological polar surface area (TPSA) is 75.0 Å². The number of furan rings is 1. The van der Waals surface area contributed by atoms with Crippen LogP contribution in [0.15, 0.2) is 22.8 Å². The molecular formula is C16H21N3O4S. The number of ether oxygens (including phenoxy) is 1. The number of nitrogens with zero attached hydrogens (tertiary/aromatic N) is 2. The monoisotopic (exact) mass is 351 g/mol. The largest absolute Gasteiger partial charge is 0.469 e. The molecule has 0 saturated carbocycles. The van der Waals surface area contributed by atoms with Crippen molar-refractivity contribution in [2.45, 2.75) is 24.8 Å². The summed E-state index contributed by atoms with van der Waals surface area (Å²) in [7, 11) is 1.96. The van der Waals surface area contributed by atoms with Gasteiger partial charge >= 0.3 is 5.97 Å². The number of rotatable bonds is 5. The second kappa shape index (κ2) is 6.52. The van der Waals surface area contributed by atoms with Gasteiger partial charge in [-0.25, -0.2) is 0 Å². The van der Waals surface area contributed by atoms with Crippen molar-refractivity contribution in [2.24, 2.45) is 0 Å². The van der Waals surface area contributed by atoms with Crippen molar-refractivity contribution < 1.29 is 18.7 Å². The van der Waals surface area contributed by atoms with Gasteiger partial charge in [-0.3, -0.25) is 14.5 Å². The number of nitrogens with one attached hydrogen (secondary N) is 1. The van der Waals surface area contributed by atoms with Crippen LogP contribution in [-0.2, 0) is 14.3 Å². The molecule has 3 rings (SSSR count). The molecule has 130 valence electrons. The van der Waals surface area contributed by atoms with Crippen LogP contribution in [0.5, 0.6) is 0 Å². The van der Waals surface area contributed by atoms with Crippen molar-refractivity contribution >= 4 is 29.2 Å². The van der Waals surface area contributed by atoms with E-state index in [-0.39, 0.29) is 30.8 Å². The molecular weight excluding hydrogens is 330 g/mol. The lowest BCUT2D eigenvalue weighted by Gasteiger charge is -2.26. The normalized spacial score (nSPS) is 27.1. The fourth-order valence-corrected chi connectivity index (χ4v) is 3.87. The molecule has 1 amide bonds. The molecule has 1 spiro atoms. The molecule has 7 nitrogen and oxygen atoms in total. The lowest BCUT2D eigenvalue weighted by atomic mass is 9.85. The van der Waals surface area contributed by atoms with Crippen molar-refractivity contribution in [1.29, 1.82) is 0 Å². The van der Waals surface area contributed by atoms with E-state index in [4.69, 9.17) is 21.4 Å². The van der Waals surface area contributed by atoms with Crippen LogP contribution in [0, 0.1) is 0 Å². The number of hydrogen-bond donors (Lipinski definition) is 1. The van der Waals surface area contributed by atoms with Gasteiger partial charge in [-0.05, 0) is 38.3 Å². The number of hydrogen-bond acceptors (Lipinski definition) is 6. The number of likely N-dealkylation sites (tertiary alicyclic amines) is 1. The Bertz CT molecular complexity index is 648. The van der Waals surface area contributed by atoms with E-state index < -0.39 is 5.54 Å². The van der Waals surface area contributed by atoms with Crippen molar-refractivity contribution in [1.82, 2.24) is 15.1 Å². The summed E-state index contributed by atoms with van der Waals surface area (Å²) in [4.78, 5) is 28.3. The van der Waals surface area contributed by atoms with Gasteiger partial charge in [-0.1, -0.05) is 0 Å². The van der Waals surface area contributed by atoms with Gasteiger partial charge in [0.05, 0.1) is 25.2 Å². The average Bonchev–Trinajstić information content (AvgIpc) is 3.20. The Balaban J connectivity index is 1.80. The van der Waals surface area contributed by atoms with Crippen LogP contribution in [0.25, 0.3) is 0 Å². The molecule has 1 N–H and O–H groups in total. The molecule has 0 aliphatic carbocycles. The Morgan fingerprint density at radius 2 is 2.38 bits per heavy atom. The molecule has 8 heteroatoms. The maximum atomic E-state index is 13.1. The third-order valence-electron chi connectivity index (χ3n) is 4.54. The van der Waals surface area contributed by atoms with Crippen molar-refractivity contribution in [3.05, 3.63) is 24.2 Å². The van der Waals surface area contributed by atoms with Gasteiger partial charge in [-0.2, -0.15) is 0 Å². The standard InChI is InChI=1S/C16H21N3O4S/c1-3-22-13(20)6-7-19-14(21)16(17-15(19)24)10-18(2)9-11(16)12-5-4-8-23-12/h4-5,8,11H,3,6-7,9-10H2,1-2H3,(H,17,24)/t11-,16-/m0/s1. The average molecular weight is 351 g/mol. The fourth-order valence-electron chi connectivity index (χ4n) is 3.52. The molecule has 2 aliphatic heterocycles. The predicted molar refractivity (Wildman–Crippen MR) is 90.4 cm³/mol. The lowest BCUT2D eigenvalue weighted by Crippen LogP contribution is -2.52. The fraction of sp³-hybridized carbons (Fsp3) is 0.562. The molecule has 3 heterocycles. The van der Waals surface area contributed by atoms with Gasteiger partial charge in [0.15, 0.2) is 5.11 Å². The number of likely N-dealkylation sites (N-methyl/N-ethyl adjacent to an activating group) is 1. The molecule has 0 bridgehead atoms. The summed E-state index contributed by atoms with van der Waals surface area (Å²) in [5.74, 6) is 0.188. The smallest absolute Gasteiger partial charge is 0.307 e. The highest BCUT2D eigenvalue weighted by molar-refractivity contribution is 7.80. The Hall–Kier alpha value is -1.93. The highest BCUT2D eigenvalue weighted by atomic mass is 32.1. The Labute approximate surface area is 145 Å². The number of thiocarbonyl (C=S) groups is 1. The first-order chi connectivity index (χ1) is 11.5. The molecule has 24 heavy (non-hydrogen) atoms. The molecule has 0 unspecified atom stereocenters. The second-order valence-corrected chi connectivity index (χ2v) is 6.56. The number of esters is 1. The lowest BCUT2D eigenvalue weighted by molar-refractivity contribution is -0.143. The third-order valence-corrected chi connectivity index (χ3v) is 4.86. The summed E-state index contributed by atoms with van der Waals surface area (Å²) in [6.45, 7) is 3.53. The highest BCUT2D eigenvalue weighted by Gasteiger charge is 2.59. The molecule has 2 saturated heterocycles. The van der Waals surface area contributed by atoms with Gasteiger partial charge in [0.1, 0.15) is 11.3 Å². The van der Waals surface area contributed by atoms with E-state index in [1.807, 2.05) is 19.2 Å². The first-order valence-corrected chi connectivity index (χ1v) is 8.40. The van der Waals surface area contributed by atoms with Crippen molar-refractivity contribution in [3.8, 4) is 0 Å². The molecule has 0 aromatic carbocycles. The van der Waals surface area contributed by atoms with Gasteiger partial charge in [0.25, 0.3) is 5.91 Å². The van der Waals surface area contributed by atoms with Crippen LogP contribution in [0.4, 0.5) is 0 Å². The van der Waals surface area contributed by atoms with Gasteiger partial charge in [-0.15, -0.1) is 0 Å². The van der Waals surface area contributed by atoms with Crippen LogP contribution >= 0.6 is 12.2 Å². The summed E-state index contributed by atoms with van der Waals surface area (Å²) in [6, 6.07) is 3.70. The second-order valence-electron chi connectivity index (χ2n) is 6.18. The van der Waals surface area contributed by atoms with Gasteiger partial charge in [0.2, 0.25) is 0 Å². The SMILES string of the molecule is CCOC(=O)CCN1C(=O)[C@@]2(CN(C)C[C@H]2c2ccco2)NC1=S. The summed E-state index contributed by atoms with van der Waals surface area (Å²) in [5, 5.41) is 3.57. The van der Waals surface area contributed by atoms with Gasteiger partial charge in [0, 0.05) is 19.6 Å². The minimum atomic E-state index is -0.835. The van der Waals surface area contributed by atoms with Crippen LogP contribution in [0.1, 0.15) is 25.0 Å². The Morgan fingerprint density at radius 3 is 3.04 bits per heavy atom. The zero-order chi connectivity index (χ0) is 17.3. The van der Waals surface area contributed by atoms with Crippen molar-refractivity contribution in [2.75, 3.05) is 33.3 Å². The first kappa shape index (κ1) is 16.9. The maximum absolute atomic E-state index is 13.1. The quantitative estimate of drug-likeness (QED) is 0.619. The molecule has 2 fully saturated rings. The minimum absolute atomic E-state index is 0.109. The number of carbonyl (C=O) groups excluding carboxylic acids is 2. The Morgan fingerprint density at radius 1 is 1.58 bits per heavy atom. The highest BCUT2D eigenvalue weighted by Crippen LogP contribution is 2.39. The molecule has 1 aromatic heterocycles. The molecule has 1 aromatic rings. The van der Waals surface area contributed by atoms with E-state index in [2.05, 4.69) is 10.2 Å². The number of carbonyl (C=O) groups is 2. The van der Waals surface area contributed by atoms with E-state index in [1.165, 1.54) is 4.90 Å². The van der Waals surface area contributed by atoms with Crippen molar-refractivity contribution in [3.63, 3.8) is 0 Å². The zero-order valence-corrected chi connectivity index (χ0v) is 14.6. The van der Waals surface area contributed by atoms with Crippen LogP contribution in [-0.4, -0.2) is 65.6 Å². The van der Waals surface area contributed by atoms with Crippen LogP contribution in [0.3, 0.4) is 0 Å². The van der Waals surface area contributed by atoms with E-state index in [9.17, 15) is 9.59 Å². The molecule has 2 aliphatic rings. The summed E-state index contributed by atoms with van der Waals surface area (Å²) in [5.41, 5.74) is -0.835. The third kappa shape index (κ3) is 2.80. The summed E-state index contributed by atoms with van der Waals surface area (Å²) in [6.07, 6.45) is 1.73. The maximum Gasteiger partial charge on any atom is 0.307 e. The zero-order valence-electron chi connectivity index (χ0n) is 13.8. The van der Waals surface area contributed by atoms with Gasteiger partial charge < -0.3 is 19.4 Å². The van der Waals surface area contributed by atoms with E-state index in [1.54, 1.807) is 13.2 Å². The summed E-state index contributed by atoms with van der Waals surface area (Å²) < 4.78 is 10.5. The predicted octanol–water partition coefficient (Wildman–Crippen LogP) is 0.717.